The van der Waals surface area contributed by atoms with Gasteiger partial charge in [-0.3, -0.25) is 0 Å². The fourth-order valence-electron chi connectivity index (χ4n) is 7.63. The zero-order chi connectivity index (χ0) is 50.3. The van der Waals surface area contributed by atoms with Crippen LogP contribution in [0.4, 0.5) is 87.8 Å². The summed E-state index contributed by atoms with van der Waals surface area (Å²) in [5.41, 5.74) is -14.3. The summed E-state index contributed by atoms with van der Waals surface area (Å²) in [6, 6.07) is 31.5. The Bertz CT molecular complexity index is 2580. The summed E-state index contributed by atoms with van der Waals surface area (Å²) < 4.78 is 300. The standard InChI is InChI=1S/C24BF20.C20H19ClOP/c26-5-1(6(27)14(35)21(42)13(5)34)25(2-7(28)15(36)22(43)16(37)8(2)29,3-9(30)17(38)23(44)18(39)10(3)31)4-11(32)19(40)24(45)20(41)12(4)33;21-16-17-22-23(18-10-4-1-5-11-18,19-12-6-2-7-13-19)20-14-8-3-9-15-20/h;1-15H,16-17H2/q-1;+1. The molecule has 0 spiro atoms. The van der Waals surface area contributed by atoms with Crippen LogP contribution in [0.15, 0.2) is 91.0 Å². The van der Waals surface area contributed by atoms with Gasteiger partial charge < -0.3 is 0 Å². The predicted molar refractivity (Wildman–Crippen MR) is 211 cm³/mol. The van der Waals surface area contributed by atoms with Crippen LogP contribution in [0.25, 0.3) is 0 Å². The van der Waals surface area contributed by atoms with E-state index in [1.54, 1.807) is 0 Å². The van der Waals surface area contributed by atoms with Crippen LogP contribution in [-0.2, 0) is 4.52 Å². The van der Waals surface area contributed by atoms with Crippen molar-refractivity contribution < 1.29 is 92.3 Å². The van der Waals surface area contributed by atoms with Gasteiger partial charge in [0.25, 0.3) is 0 Å². The number of hydrogen-bond donors (Lipinski definition) is 0. The maximum Gasteiger partial charge on any atom is 0.242 e. The van der Waals surface area contributed by atoms with Gasteiger partial charge in [0.2, 0.25) is 7.49 Å². The molecule has 7 aromatic rings. The van der Waals surface area contributed by atoms with Crippen molar-refractivity contribution in [1.29, 1.82) is 0 Å². The topological polar surface area (TPSA) is 9.23 Å². The highest BCUT2D eigenvalue weighted by Crippen LogP contribution is 2.56. The van der Waals surface area contributed by atoms with Crippen LogP contribution >= 0.6 is 19.1 Å². The van der Waals surface area contributed by atoms with Crippen LogP contribution in [-0.4, -0.2) is 18.6 Å². The molecule has 0 fully saturated rings. The molecule has 0 saturated carbocycles. The van der Waals surface area contributed by atoms with Crippen LogP contribution in [0.2, 0.25) is 0 Å². The Labute approximate surface area is 374 Å². The monoisotopic (exact) mass is 1020 g/mol. The Kier molecular flexibility index (Phi) is 15.0. The maximum atomic E-state index is 15.4. The largest absolute Gasteiger partial charge is 0.242 e. The fourth-order valence-corrected chi connectivity index (χ4v) is 11.3. The van der Waals surface area contributed by atoms with Crippen molar-refractivity contribution in [2.45, 2.75) is 0 Å². The van der Waals surface area contributed by atoms with Gasteiger partial charge in [0.15, 0.2) is 69.8 Å². The normalized spacial score (nSPS) is 11.8. The van der Waals surface area contributed by atoms with Gasteiger partial charge in [-0.05, 0) is 36.4 Å². The van der Waals surface area contributed by atoms with Crippen LogP contribution in [0, 0.1) is 116 Å². The molecule has 0 heterocycles. The first-order valence-electron chi connectivity index (χ1n) is 18.6. The van der Waals surface area contributed by atoms with Crippen molar-refractivity contribution in [3.05, 3.63) is 207 Å². The second-order valence-corrected chi connectivity index (χ2v) is 17.3. The lowest BCUT2D eigenvalue weighted by atomic mass is 9.12. The number of alkyl halides is 1. The fraction of sp³-hybridized carbons (Fsp3) is 0.0455. The SMILES string of the molecule is ClCCO[P+](c1ccccc1)(c1ccccc1)c1ccccc1.Fc1c(F)c(F)c([B-](c2c(F)c(F)c(F)c(F)c2F)(c2c(F)c(F)c(F)c(F)c2F)c2c(F)c(F)c(F)c(F)c2F)c(F)c1F. The van der Waals surface area contributed by atoms with Crippen molar-refractivity contribution >= 4 is 63.0 Å². The summed E-state index contributed by atoms with van der Waals surface area (Å²) in [4.78, 5) is 0. The molecule has 1 nitrogen and oxygen atoms in total. The molecule has 0 aliphatic carbocycles. The second kappa shape index (κ2) is 19.8. The first-order chi connectivity index (χ1) is 32.1. The molecule has 7 rings (SSSR count). The van der Waals surface area contributed by atoms with Crippen molar-refractivity contribution in [3.63, 3.8) is 0 Å². The molecule has 0 aliphatic rings. The molecule has 356 valence electrons. The Hall–Kier alpha value is -6.12. The smallest absolute Gasteiger partial charge is 0.220 e. The third kappa shape index (κ3) is 8.02. The third-order valence-corrected chi connectivity index (χ3v) is 14.2. The van der Waals surface area contributed by atoms with E-state index in [1.165, 1.54) is 15.9 Å². The molecule has 0 unspecified atom stereocenters. The summed E-state index contributed by atoms with van der Waals surface area (Å²) in [5, 5.41) is 3.63. The van der Waals surface area contributed by atoms with E-state index in [-0.39, 0.29) is 0 Å². The highest BCUT2D eigenvalue weighted by atomic mass is 35.5. The molecular formula is C44H19BClF20OP. The van der Waals surface area contributed by atoms with E-state index in [0.717, 1.165) is 0 Å². The summed E-state index contributed by atoms with van der Waals surface area (Å²) in [7, 11) is -2.15. The maximum absolute atomic E-state index is 15.4. The lowest BCUT2D eigenvalue weighted by Crippen LogP contribution is -2.81. The average molecular weight is 1020 g/mol. The molecule has 24 heteroatoms. The number of halogens is 21. The molecule has 0 aromatic heterocycles. The molecule has 0 atom stereocenters. The highest BCUT2D eigenvalue weighted by Gasteiger charge is 2.53. The van der Waals surface area contributed by atoms with Gasteiger partial charge in [0, 0.05) is 0 Å². The summed E-state index contributed by atoms with van der Waals surface area (Å²) in [6.45, 7) is 0.522. The lowest BCUT2D eigenvalue weighted by molar-refractivity contribution is 0.378. The minimum Gasteiger partial charge on any atom is -0.220 e. The van der Waals surface area contributed by atoms with Crippen LogP contribution in [0.5, 0.6) is 0 Å². The molecule has 7 aromatic carbocycles. The zero-order valence-corrected chi connectivity index (χ0v) is 34.6. The summed E-state index contributed by atoms with van der Waals surface area (Å²) >= 11 is 5.96. The van der Waals surface area contributed by atoms with Gasteiger partial charge in [-0.1, -0.05) is 54.6 Å². The summed E-state index contributed by atoms with van der Waals surface area (Å²) in [5.74, 6) is -70.9. The Morgan fingerprint density at radius 1 is 0.294 bits per heavy atom. The van der Waals surface area contributed by atoms with Crippen LogP contribution in [0.3, 0.4) is 0 Å². The number of hydrogen-bond acceptors (Lipinski definition) is 1. The van der Waals surface area contributed by atoms with Crippen LogP contribution in [0.1, 0.15) is 0 Å². The van der Waals surface area contributed by atoms with E-state index >= 15 is 35.1 Å². The Morgan fingerprint density at radius 2 is 0.471 bits per heavy atom. The quantitative estimate of drug-likeness (QED) is 0.0332. The predicted octanol–water partition coefficient (Wildman–Crippen LogP) is 10.00. The van der Waals surface area contributed by atoms with Gasteiger partial charge in [-0.2, -0.15) is 0 Å². The molecule has 0 N–H and O–H groups in total. The van der Waals surface area contributed by atoms with Crippen molar-refractivity contribution in [1.82, 2.24) is 0 Å². The molecule has 0 aliphatic heterocycles. The van der Waals surface area contributed by atoms with Crippen molar-refractivity contribution in [2.24, 2.45) is 0 Å². The average Bonchev–Trinajstić information content (AvgIpc) is 3.35. The van der Waals surface area contributed by atoms with E-state index in [9.17, 15) is 52.7 Å². The highest BCUT2D eigenvalue weighted by molar-refractivity contribution is 7.91. The lowest BCUT2D eigenvalue weighted by Gasteiger charge is -2.44. The number of rotatable bonds is 10. The van der Waals surface area contributed by atoms with E-state index in [2.05, 4.69) is 72.8 Å². The van der Waals surface area contributed by atoms with E-state index in [4.69, 9.17) is 16.1 Å². The molecule has 0 amide bonds. The van der Waals surface area contributed by atoms with E-state index in [0.29, 0.717) is 12.5 Å². The Morgan fingerprint density at radius 3 is 0.647 bits per heavy atom. The van der Waals surface area contributed by atoms with E-state index < -0.39 is 152 Å². The van der Waals surface area contributed by atoms with Gasteiger partial charge in [-0.25, -0.2) is 92.3 Å². The van der Waals surface area contributed by atoms with Gasteiger partial charge in [0.05, 0.1) is 5.88 Å². The molecular weight excluding hydrogens is 1000 g/mol. The Balaban J connectivity index is 0.000000276. The molecule has 68 heavy (non-hydrogen) atoms. The van der Waals surface area contributed by atoms with Crippen LogP contribution < -0.4 is 37.8 Å². The number of benzene rings is 7. The van der Waals surface area contributed by atoms with E-state index in [1.807, 2.05) is 18.2 Å². The van der Waals surface area contributed by atoms with Crippen molar-refractivity contribution in [3.8, 4) is 0 Å². The minimum absolute atomic E-state index is 0.480. The molecule has 0 radical (unpaired) electrons. The van der Waals surface area contributed by atoms with Gasteiger partial charge in [-0.15, -0.1) is 33.5 Å². The minimum atomic E-state index is -7.22. The third-order valence-electron chi connectivity index (χ3n) is 10.4. The van der Waals surface area contributed by atoms with Crippen molar-refractivity contribution in [2.75, 3.05) is 12.5 Å². The van der Waals surface area contributed by atoms with Gasteiger partial charge >= 0.3 is 0 Å². The molecule has 0 bridgehead atoms. The zero-order valence-electron chi connectivity index (χ0n) is 32.9. The second-order valence-electron chi connectivity index (χ2n) is 13.9. The first-order valence-corrected chi connectivity index (χ1v) is 20.8. The van der Waals surface area contributed by atoms with Gasteiger partial charge in [0.1, 0.15) is 75.2 Å². The summed E-state index contributed by atoms with van der Waals surface area (Å²) in [6.07, 6.45) is -7.22. The molecule has 0 saturated heterocycles. The first kappa shape index (κ1) is 51.3.